The average Bonchev–Trinajstić information content (AvgIpc) is 3.14. The molecule has 5 nitrogen and oxygen atoms in total. The Morgan fingerprint density at radius 1 is 1.25 bits per heavy atom. The van der Waals surface area contributed by atoms with Crippen LogP contribution in [0.4, 0.5) is 4.39 Å². The number of aromatic nitrogens is 2. The quantitative estimate of drug-likeness (QED) is 0.643. The molecule has 6 heteroatoms. The number of nitrogens with zero attached hydrogens (tertiary/aromatic N) is 1. The van der Waals surface area contributed by atoms with Gasteiger partial charge in [0.05, 0.1) is 5.52 Å². The molecular weight excluding hydrogens is 355 g/mol. The molecule has 4 rings (SSSR count). The van der Waals surface area contributed by atoms with E-state index in [4.69, 9.17) is 0 Å². The summed E-state index contributed by atoms with van der Waals surface area (Å²) in [5.74, 6) is -0.162. The van der Waals surface area contributed by atoms with Crippen molar-refractivity contribution < 1.29 is 9.18 Å². The molecule has 1 aliphatic heterocycles. The summed E-state index contributed by atoms with van der Waals surface area (Å²) in [4.78, 5) is 12.2. The van der Waals surface area contributed by atoms with Gasteiger partial charge in [0.25, 0.3) is 5.91 Å². The van der Waals surface area contributed by atoms with Gasteiger partial charge in [0, 0.05) is 29.1 Å². The Kier molecular flexibility index (Phi) is 5.13. The average molecular weight is 380 g/mol. The number of hydrogen-bond donors (Lipinski definition) is 3. The molecule has 0 saturated carbocycles. The highest BCUT2D eigenvalue weighted by Crippen LogP contribution is 2.33. The van der Waals surface area contributed by atoms with E-state index in [-0.39, 0.29) is 11.7 Å². The van der Waals surface area contributed by atoms with Crippen molar-refractivity contribution in [2.24, 2.45) is 0 Å². The fraction of sp³-hybridized carbons (Fsp3) is 0.364. The van der Waals surface area contributed by atoms with E-state index in [0.29, 0.717) is 23.6 Å². The van der Waals surface area contributed by atoms with Crippen LogP contribution in [-0.4, -0.2) is 35.7 Å². The Hall–Kier alpha value is -2.73. The van der Waals surface area contributed by atoms with E-state index in [1.165, 1.54) is 11.8 Å². The maximum absolute atomic E-state index is 14.5. The third-order valence-corrected chi connectivity index (χ3v) is 5.59. The van der Waals surface area contributed by atoms with Crippen molar-refractivity contribution in [1.29, 1.82) is 0 Å². The van der Waals surface area contributed by atoms with Crippen LogP contribution in [0.2, 0.25) is 0 Å². The van der Waals surface area contributed by atoms with Gasteiger partial charge in [-0.25, -0.2) is 4.39 Å². The second-order valence-electron chi connectivity index (χ2n) is 7.38. The van der Waals surface area contributed by atoms with Crippen LogP contribution < -0.4 is 10.6 Å². The third-order valence-electron chi connectivity index (χ3n) is 5.59. The zero-order valence-corrected chi connectivity index (χ0v) is 16.2. The molecule has 0 radical (unpaired) electrons. The van der Waals surface area contributed by atoms with Gasteiger partial charge >= 0.3 is 0 Å². The summed E-state index contributed by atoms with van der Waals surface area (Å²) in [5.41, 5.74) is 4.49. The molecular formula is C22H25FN4O. The van der Waals surface area contributed by atoms with Gasteiger partial charge in [-0.05, 0) is 74.7 Å². The minimum atomic E-state index is -0.378. The first-order valence-electron chi connectivity index (χ1n) is 9.86. The second-order valence-corrected chi connectivity index (χ2v) is 7.38. The lowest BCUT2D eigenvalue weighted by Gasteiger charge is -2.21. The maximum Gasteiger partial charge on any atom is 0.251 e. The van der Waals surface area contributed by atoms with Crippen molar-refractivity contribution in [1.82, 2.24) is 20.8 Å². The molecule has 2 aromatic carbocycles. The van der Waals surface area contributed by atoms with Gasteiger partial charge < -0.3 is 10.6 Å². The molecule has 0 aliphatic carbocycles. The van der Waals surface area contributed by atoms with Crippen LogP contribution in [0.5, 0.6) is 0 Å². The number of hydrogen-bond acceptors (Lipinski definition) is 3. The maximum atomic E-state index is 14.5. The third kappa shape index (κ3) is 3.40. The Morgan fingerprint density at radius 2 is 2.04 bits per heavy atom. The molecule has 1 saturated heterocycles. The van der Waals surface area contributed by atoms with Crippen LogP contribution in [0.1, 0.15) is 47.3 Å². The molecule has 2 heterocycles. The number of piperidine rings is 1. The first kappa shape index (κ1) is 18.6. The molecule has 1 fully saturated rings. The van der Waals surface area contributed by atoms with Gasteiger partial charge in [-0.1, -0.05) is 12.1 Å². The van der Waals surface area contributed by atoms with Gasteiger partial charge in [0.15, 0.2) is 0 Å². The van der Waals surface area contributed by atoms with E-state index >= 15 is 0 Å². The lowest BCUT2D eigenvalue weighted by atomic mass is 9.91. The van der Waals surface area contributed by atoms with Crippen molar-refractivity contribution in [2.75, 3.05) is 19.6 Å². The molecule has 3 aromatic rings. The summed E-state index contributed by atoms with van der Waals surface area (Å²) in [6, 6.07) is 9.07. The molecule has 1 aliphatic rings. The van der Waals surface area contributed by atoms with Crippen LogP contribution >= 0.6 is 0 Å². The van der Waals surface area contributed by atoms with Crippen LogP contribution in [0.25, 0.3) is 22.0 Å². The number of H-pyrrole nitrogens is 1. The largest absolute Gasteiger partial charge is 0.352 e. The number of carbonyl (C=O) groups is 1. The highest BCUT2D eigenvalue weighted by atomic mass is 19.1. The molecule has 1 aromatic heterocycles. The minimum Gasteiger partial charge on any atom is -0.352 e. The molecule has 146 valence electrons. The van der Waals surface area contributed by atoms with E-state index < -0.39 is 0 Å². The molecule has 0 spiro atoms. The smallest absolute Gasteiger partial charge is 0.251 e. The zero-order valence-electron chi connectivity index (χ0n) is 16.2. The number of benzene rings is 2. The molecule has 3 N–H and O–H groups in total. The summed E-state index contributed by atoms with van der Waals surface area (Å²) in [5, 5.41) is 15.0. The summed E-state index contributed by atoms with van der Waals surface area (Å²) < 4.78 is 14.5. The van der Waals surface area contributed by atoms with Crippen molar-refractivity contribution in [3.05, 3.63) is 53.0 Å². The van der Waals surface area contributed by atoms with Crippen molar-refractivity contribution in [3.8, 4) is 11.1 Å². The van der Waals surface area contributed by atoms with E-state index in [9.17, 15) is 9.18 Å². The van der Waals surface area contributed by atoms with Crippen LogP contribution in [0.3, 0.4) is 0 Å². The normalized spacial score (nSPS) is 15.1. The lowest BCUT2D eigenvalue weighted by Crippen LogP contribution is -2.26. The molecule has 0 bridgehead atoms. The molecule has 1 amide bonds. The summed E-state index contributed by atoms with van der Waals surface area (Å²) in [7, 11) is 0. The first-order valence-corrected chi connectivity index (χ1v) is 9.86. The monoisotopic (exact) mass is 380 g/mol. The standard InChI is InChI=1S/C22H25FN4O/c1-3-25-22(28)16-10-18(13(2)19(23)11-16)15-4-5-17-20(12-15)26-27-21(17)14-6-8-24-9-7-14/h4-5,10-12,14,24H,3,6-9H2,1-2H3,(H,25,28)(H,26,27). The fourth-order valence-corrected chi connectivity index (χ4v) is 3.99. The molecule has 28 heavy (non-hydrogen) atoms. The number of rotatable bonds is 4. The van der Waals surface area contributed by atoms with Crippen molar-refractivity contribution in [3.63, 3.8) is 0 Å². The summed E-state index contributed by atoms with van der Waals surface area (Å²) in [6.45, 7) is 6.13. The lowest BCUT2D eigenvalue weighted by molar-refractivity contribution is 0.0955. The van der Waals surface area contributed by atoms with Crippen molar-refractivity contribution >= 4 is 16.8 Å². The van der Waals surface area contributed by atoms with Crippen LogP contribution in [0.15, 0.2) is 30.3 Å². The van der Waals surface area contributed by atoms with E-state index in [0.717, 1.165) is 48.0 Å². The number of amides is 1. The van der Waals surface area contributed by atoms with Gasteiger partial charge in [-0.2, -0.15) is 5.10 Å². The number of carbonyl (C=O) groups excluding carboxylic acids is 1. The number of halogens is 1. The SMILES string of the molecule is CCNC(=O)c1cc(F)c(C)c(-c2ccc3c(C4CCNCC4)[nH]nc3c2)c1. The molecule has 0 unspecified atom stereocenters. The summed E-state index contributed by atoms with van der Waals surface area (Å²) in [6.07, 6.45) is 2.19. The predicted octanol–water partition coefficient (Wildman–Crippen LogP) is 3.89. The van der Waals surface area contributed by atoms with Gasteiger partial charge in [-0.3, -0.25) is 9.89 Å². The van der Waals surface area contributed by atoms with E-state index in [1.54, 1.807) is 13.0 Å². The van der Waals surface area contributed by atoms with Crippen LogP contribution in [0, 0.1) is 12.7 Å². The highest BCUT2D eigenvalue weighted by Gasteiger charge is 2.20. The van der Waals surface area contributed by atoms with Crippen LogP contribution in [-0.2, 0) is 0 Å². The Balaban J connectivity index is 1.74. The first-order chi connectivity index (χ1) is 13.6. The Morgan fingerprint density at radius 3 is 2.79 bits per heavy atom. The number of aromatic amines is 1. The van der Waals surface area contributed by atoms with Gasteiger partial charge in [-0.15, -0.1) is 0 Å². The summed E-state index contributed by atoms with van der Waals surface area (Å²) >= 11 is 0. The second kappa shape index (κ2) is 7.72. The molecule has 0 atom stereocenters. The minimum absolute atomic E-state index is 0.267. The zero-order chi connectivity index (χ0) is 19.7. The fourth-order valence-electron chi connectivity index (χ4n) is 3.99. The van der Waals surface area contributed by atoms with Gasteiger partial charge in [0.2, 0.25) is 0 Å². The highest BCUT2D eigenvalue weighted by molar-refractivity contribution is 5.96. The number of nitrogens with one attached hydrogen (secondary N) is 3. The predicted molar refractivity (Wildman–Crippen MR) is 109 cm³/mol. The topological polar surface area (TPSA) is 69.8 Å². The Labute approximate surface area is 163 Å². The Bertz CT molecular complexity index is 1020. The van der Waals surface area contributed by atoms with E-state index in [2.05, 4.69) is 26.9 Å². The van der Waals surface area contributed by atoms with Gasteiger partial charge in [0.1, 0.15) is 5.82 Å². The number of fused-ring (bicyclic) bond motifs is 1. The van der Waals surface area contributed by atoms with Crippen molar-refractivity contribution in [2.45, 2.75) is 32.6 Å². The van der Waals surface area contributed by atoms with E-state index in [1.807, 2.05) is 19.1 Å².